The second-order valence-corrected chi connectivity index (χ2v) is 6.10. The molecule has 4 heteroatoms. The van der Waals surface area contributed by atoms with Crippen molar-refractivity contribution in [1.29, 1.82) is 0 Å². The van der Waals surface area contributed by atoms with Gasteiger partial charge in [0.25, 0.3) is 0 Å². The van der Waals surface area contributed by atoms with E-state index in [1.54, 1.807) is 24.3 Å². The molecule has 0 aliphatic heterocycles. The summed E-state index contributed by atoms with van der Waals surface area (Å²) >= 11 is 0. The van der Waals surface area contributed by atoms with Crippen molar-refractivity contribution in [1.82, 2.24) is 5.32 Å². The van der Waals surface area contributed by atoms with Gasteiger partial charge in [0.15, 0.2) is 5.78 Å². The third kappa shape index (κ3) is 7.08. The number of benzene rings is 2. The number of Topliss-reactive ketones (excluding diaryl/α,β-unsaturated/α-hetero) is 1. The standard InChI is InChI=1S/C21H27NO3/c1-2-14-22-15-19(23)16-25-20-11-9-18(10-12-20)21(24)13-8-17-6-4-3-5-7-17/h3-7,9-12,19,22-23H,2,8,13-16H2,1H3. The topological polar surface area (TPSA) is 58.6 Å². The van der Waals surface area contributed by atoms with E-state index in [-0.39, 0.29) is 12.4 Å². The first-order chi connectivity index (χ1) is 12.2. The maximum Gasteiger partial charge on any atom is 0.163 e. The molecule has 0 fully saturated rings. The van der Waals surface area contributed by atoms with Crippen LogP contribution in [-0.2, 0) is 6.42 Å². The minimum absolute atomic E-state index is 0.124. The third-order valence-electron chi connectivity index (χ3n) is 3.91. The highest BCUT2D eigenvalue weighted by atomic mass is 16.5. The second-order valence-electron chi connectivity index (χ2n) is 6.10. The van der Waals surface area contributed by atoms with Gasteiger partial charge in [0.05, 0.1) is 0 Å². The summed E-state index contributed by atoms with van der Waals surface area (Å²) in [4.78, 5) is 12.3. The second kappa shape index (κ2) is 10.6. The Kier molecular flexibility index (Phi) is 8.16. The number of rotatable bonds is 11. The van der Waals surface area contributed by atoms with Crippen LogP contribution in [0.15, 0.2) is 54.6 Å². The molecule has 1 unspecified atom stereocenters. The number of ketones is 1. The van der Waals surface area contributed by atoms with Crippen LogP contribution in [0, 0.1) is 0 Å². The largest absolute Gasteiger partial charge is 0.491 e. The van der Waals surface area contributed by atoms with Gasteiger partial charge in [-0.05, 0) is 49.2 Å². The Balaban J connectivity index is 1.76. The predicted molar refractivity (Wildman–Crippen MR) is 100 cm³/mol. The zero-order chi connectivity index (χ0) is 17.9. The van der Waals surface area contributed by atoms with Gasteiger partial charge in [0.1, 0.15) is 18.5 Å². The van der Waals surface area contributed by atoms with Crippen LogP contribution < -0.4 is 10.1 Å². The van der Waals surface area contributed by atoms with Crippen molar-refractivity contribution < 1.29 is 14.6 Å². The van der Waals surface area contributed by atoms with E-state index < -0.39 is 6.10 Å². The number of aryl methyl sites for hydroxylation is 1. The molecule has 134 valence electrons. The minimum atomic E-state index is -0.543. The fourth-order valence-electron chi connectivity index (χ4n) is 2.48. The monoisotopic (exact) mass is 341 g/mol. The van der Waals surface area contributed by atoms with Crippen LogP contribution in [-0.4, -0.2) is 36.7 Å². The Morgan fingerprint density at radius 3 is 2.52 bits per heavy atom. The molecule has 0 amide bonds. The van der Waals surface area contributed by atoms with Gasteiger partial charge in [-0.15, -0.1) is 0 Å². The van der Waals surface area contributed by atoms with Gasteiger partial charge in [0.2, 0.25) is 0 Å². The molecule has 0 radical (unpaired) electrons. The average molecular weight is 341 g/mol. The molecule has 0 saturated carbocycles. The molecular weight excluding hydrogens is 314 g/mol. The highest BCUT2D eigenvalue weighted by Gasteiger charge is 2.08. The van der Waals surface area contributed by atoms with Gasteiger partial charge in [0, 0.05) is 18.5 Å². The van der Waals surface area contributed by atoms with Gasteiger partial charge in [-0.3, -0.25) is 4.79 Å². The first kappa shape index (κ1) is 19.2. The summed E-state index contributed by atoms with van der Waals surface area (Å²) in [6.45, 7) is 3.72. The van der Waals surface area contributed by atoms with E-state index in [9.17, 15) is 9.90 Å². The molecule has 0 aromatic heterocycles. The molecule has 4 nitrogen and oxygen atoms in total. The van der Waals surface area contributed by atoms with Crippen LogP contribution in [0.1, 0.15) is 35.7 Å². The smallest absolute Gasteiger partial charge is 0.163 e. The Morgan fingerprint density at radius 1 is 1.12 bits per heavy atom. The number of carbonyl (C=O) groups excluding carboxylic acids is 1. The summed E-state index contributed by atoms with van der Waals surface area (Å²) in [5, 5.41) is 13.0. The van der Waals surface area contributed by atoms with Crippen molar-refractivity contribution in [3.63, 3.8) is 0 Å². The summed E-state index contributed by atoms with van der Waals surface area (Å²) in [5.74, 6) is 0.786. The molecule has 2 aromatic carbocycles. The molecule has 2 aromatic rings. The van der Waals surface area contributed by atoms with E-state index in [4.69, 9.17) is 4.74 Å². The van der Waals surface area contributed by atoms with E-state index in [0.29, 0.717) is 24.3 Å². The summed E-state index contributed by atoms with van der Waals surface area (Å²) in [7, 11) is 0. The van der Waals surface area contributed by atoms with Crippen molar-refractivity contribution in [2.75, 3.05) is 19.7 Å². The summed E-state index contributed by atoms with van der Waals surface area (Å²) in [6, 6.07) is 17.1. The quantitative estimate of drug-likeness (QED) is 0.487. The van der Waals surface area contributed by atoms with Crippen LogP contribution in [0.25, 0.3) is 0 Å². The fraction of sp³-hybridized carbons (Fsp3) is 0.381. The normalized spacial score (nSPS) is 11.9. The van der Waals surface area contributed by atoms with E-state index >= 15 is 0 Å². The number of nitrogens with one attached hydrogen (secondary N) is 1. The number of carbonyl (C=O) groups is 1. The van der Waals surface area contributed by atoms with E-state index in [1.165, 1.54) is 5.56 Å². The van der Waals surface area contributed by atoms with E-state index in [2.05, 4.69) is 12.2 Å². The highest BCUT2D eigenvalue weighted by molar-refractivity contribution is 5.96. The molecule has 2 N–H and O–H groups in total. The van der Waals surface area contributed by atoms with Crippen LogP contribution >= 0.6 is 0 Å². The molecule has 0 saturated heterocycles. The van der Waals surface area contributed by atoms with Gasteiger partial charge in [-0.25, -0.2) is 0 Å². The van der Waals surface area contributed by atoms with Gasteiger partial charge in [-0.1, -0.05) is 37.3 Å². The maximum absolute atomic E-state index is 12.3. The number of hydrogen-bond acceptors (Lipinski definition) is 4. The zero-order valence-electron chi connectivity index (χ0n) is 14.8. The van der Waals surface area contributed by atoms with Gasteiger partial charge in [-0.2, -0.15) is 0 Å². The van der Waals surface area contributed by atoms with Crippen molar-refractivity contribution in [2.45, 2.75) is 32.3 Å². The molecule has 0 heterocycles. The molecule has 0 aliphatic rings. The Bertz CT molecular complexity index is 625. The molecule has 0 spiro atoms. The molecule has 2 rings (SSSR count). The lowest BCUT2D eigenvalue weighted by atomic mass is 10.0. The summed E-state index contributed by atoms with van der Waals surface area (Å²) in [6.07, 6.45) is 1.73. The van der Waals surface area contributed by atoms with Crippen molar-refractivity contribution >= 4 is 5.78 Å². The molecule has 0 aliphatic carbocycles. The van der Waals surface area contributed by atoms with Gasteiger partial charge < -0.3 is 15.2 Å². The molecule has 0 bridgehead atoms. The Hall–Kier alpha value is -2.17. The maximum atomic E-state index is 12.3. The third-order valence-corrected chi connectivity index (χ3v) is 3.91. The molecular formula is C21H27NO3. The van der Waals surface area contributed by atoms with E-state index in [0.717, 1.165) is 19.4 Å². The highest BCUT2D eigenvalue weighted by Crippen LogP contribution is 2.15. The zero-order valence-corrected chi connectivity index (χ0v) is 14.8. The molecule has 1 atom stereocenters. The SMILES string of the molecule is CCCNCC(O)COc1ccc(C(=O)CCc2ccccc2)cc1. The number of hydrogen-bond donors (Lipinski definition) is 2. The number of aliphatic hydroxyl groups is 1. The van der Waals surface area contributed by atoms with Gasteiger partial charge >= 0.3 is 0 Å². The van der Waals surface area contributed by atoms with Crippen LogP contribution in [0.5, 0.6) is 5.75 Å². The van der Waals surface area contributed by atoms with Crippen LogP contribution in [0.3, 0.4) is 0 Å². The first-order valence-corrected chi connectivity index (χ1v) is 8.87. The minimum Gasteiger partial charge on any atom is -0.491 e. The lowest BCUT2D eigenvalue weighted by Gasteiger charge is -2.13. The molecule has 25 heavy (non-hydrogen) atoms. The lowest BCUT2D eigenvalue weighted by Crippen LogP contribution is -2.31. The van der Waals surface area contributed by atoms with Crippen molar-refractivity contribution in [3.8, 4) is 5.75 Å². The van der Waals surface area contributed by atoms with Crippen LogP contribution in [0.2, 0.25) is 0 Å². The summed E-state index contributed by atoms with van der Waals surface area (Å²) < 4.78 is 5.56. The Labute approximate surface area is 149 Å². The van der Waals surface area contributed by atoms with E-state index in [1.807, 2.05) is 30.3 Å². The van der Waals surface area contributed by atoms with Crippen molar-refractivity contribution in [2.24, 2.45) is 0 Å². The van der Waals surface area contributed by atoms with Crippen LogP contribution in [0.4, 0.5) is 0 Å². The number of ether oxygens (including phenoxy) is 1. The lowest BCUT2D eigenvalue weighted by molar-refractivity contribution is 0.0981. The average Bonchev–Trinajstić information content (AvgIpc) is 2.66. The Morgan fingerprint density at radius 2 is 1.84 bits per heavy atom. The summed E-state index contributed by atoms with van der Waals surface area (Å²) in [5.41, 5.74) is 1.86. The van der Waals surface area contributed by atoms with Crippen molar-refractivity contribution in [3.05, 3.63) is 65.7 Å². The fourth-order valence-corrected chi connectivity index (χ4v) is 2.48. The first-order valence-electron chi connectivity index (χ1n) is 8.87. The number of aliphatic hydroxyl groups excluding tert-OH is 1. The predicted octanol–water partition coefficient (Wildman–Crippen LogP) is 3.24.